The van der Waals surface area contributed by atoms with E-state index >= 15 is 0 Å². The topological polar surface area (TPSA) is 85.9 Å². The van der Waals surface area contributed by atoms with E-state index < -0.39 is 0 Å². The Kier molecular flexibility index (Phi) is 7.47. The fraction of sp³-hybridized carbons (Fsp3) is 0.194. The Balaban J connectivity index is 1.55. The molecule has 0 amide bonds. The van der Waals surface area contributed by atoms with Crippen LogP contribution in [0.1, 0.15) is 37.3 Å². The van der Waals surface area contributed by atoms with Crippen LogP contribution in [0.25, 0.3) is 27.7 Å². The van der Waals surface area contributed by atoms with Crippen molar-refractivity contribution in [2.24, 2.45) is 4.99 Å². The monoisotopic (exact) mass is 539 g/mol. The number of fused-ring (bicyclic) bond motifs is 1. The van der Waals surface area contributed by atoms with Crippen LogP contribution in [0.2, 0.25) is 0 Å². The van der Waals surface area contributed by atoms with Gasteiger partial charge >= 0.3 is 0 Å². The molecule has 0 bridgehead atoms. The number of benzene rings is 3. The predicted octanol–water partition coefficient (Wildman–Crippen LogP) is 7.10. The van der Waals surface area contributed by atoms with E-state index in [9.17, 15) is 9.90 Å². The minimum Gasteiger partial charge on any atom is -0.494 e. The van der Waals surface area contributed by atoms with Gasteiger partial charge in [-0.2, -0.15) is 0 Å². The normalized spacial score (nSPS) is 12.2. The predicted molar refractivity (Wildman–Crippen MR) is 158 cm³/mol. The lowest BCUT2D eigenvalue weighted by Crippen LogP contribution is -2.20. The first-order valence-electron chi connectivity index (χ1n) is 12.6. The molecule has 1 N–H and O–H groups in total. The highest BCUT2D eigenvalue weighted by molar-refractivity contribution is 7.13. The first kappa shape index (κ1) is 26.2. The van der Waals surface area contributed by atoms with Crippen LogP contribution >= 0.6 is 11.3 Å². The summed E-state index contributed by atoms with van der Waals surface area (Å²) in [5.74, 6) is 1.24. The lowest BCUT2D eigenvalue weighted by atomic mass is 9.97. The van der Waals surface area contributed by atoms with E-state index in [1.165, 1.54) is 35.7 Å². The molecule has 0 radical (unpaired) electrons. The van der Waals surface area contributed by atoms with Crippen LogP contribution in [0.3, 0.4) is 0 Å². The number of pyridine rings is 1. The second-order valence-electron chi connectivity index (χ2n) is 9.17. The van der Waals surface area contributed by atoms with Crippen molar-refractivity contribution >= 4 is 33.5 Å². The first-order chi connectivity index (χ1) is 18.9. The number of rotatable bonds is 8. The van der Waals surface area contributed by atoms with Crippen molar-refractivity contribution < 1.29 is 14.6 Å². The van der Waals surface area contributed by atoms with Gasteiger partial charge < -0.3 is 14.6 Å². The van der Waals surface area contributed by atoms with Gasteiger partial charge in [0.05, 0.1) is 31.2 Å². The number of methoxy groups -OCH3 is 2. The van der Waals surface area contributed by atoms with E-state index in [0.717, 1.165) is 17.7 Å². The summed E-state index contributed by atoms with van der Waals surface area (Å²) in [6, 6.07) is 20.6. The zero-order valence-corrected chi connectivity index (χ0v) is 23.0. The van der Waals surface area contributed by atoms with Crippen LogP contribution in [-0.4, -0.2) is 35.1 Å². The molecule has 1 atom stereocenters. The summed E-state index contributed by atoms with van der Waals surface area (Å²) >= 11 is 1.41. The minimum atomic E-state index is -0.357. The molecule has 2 aromatic heterocycles. The molecule has 0 fully saturated rings. The molecular weight excluding hydrogens is 510 g/mol. The summed E-state index contributed by atoms with van der Waals surface area (Å²) in [4.78, 5) is 22.7. The average Bonchev–Trinajstić information content (AvgIpc) is 3.45. The van der Waals surface area contributed by atoms with Crippen LogP contribution in [0, 0.1) is 0 Å². The highest BCUT2D eigenvalue weighted by Gasteiger charge is 2.18. The molecule has 3 aromatic carbocycles. The second-order valence-corrected chi connectivity index (χ2v) is 10.0. The SMILES string of the molecule is CC[C@H](C)c1ccc(-c2csc(N=Cc3c(O)n(-c4ccc(OC)c(OC)c4)c(=O)c4ccccc34)n2)cc1. The number of aromatic nitrogens is 2. The molecule has 39 heavy (non-hydrogen) atoms. The molecule has 0 saturated heterocycles. The number of hydrogen-bond donors (Lipinski definition) is 1. The lowest BCUT2D eigenvalue weighted by molar-refractivity contribution is 0.354. The van der Waals surface area contributed by atoms with Gasteiger partial charge in [-0.3, -0.25) is 4.79 Å². The van der Waals surface area contributed by atoms with Crippen molar-refractivity contribution in [3.05, 3.63) is 93.6 Å². The minimum absolute atomic E-state index is 0.230. The van der Waals surface area contributed by atoms with Crippen molar-refractivity contribution in [1.82, 2.24) is 9.55 Å². The maximum atomic E-state index is 13.5. The average molecular weight is 540 g/mol. The van der Waals surface area contributed by atoms with Gasteiger partial charge in [0.2, 0.25) is 11.0 Å². The van der Waals surface area contributed by atoms with Crippen LogP contribution in [0.15, 0.2) is 81.9 Å². The standard InChI is InChI=1S/C31H29N3O4S/c1-5-19(2)20-10-12-21(13-11-20)26-18-39-31(33-26)32-17-25-23-8-6-7-9-24(23)29(35)34(30(25)36)22-14-15-27(37-3)28(16-22)38-4/h6-19,36H,5H2,1-4H3/t19-/m0/s1. The van der Waals surface area contributed by atoms with Crippen LogP contribution < -0.4 is 15.0 Å². The van der Waals surface area contributed by atoms with Crippen molar-refractivity contribution in [3.63, 3.8) is 0 Å². The molecule has 8 heteroatoms. The van der Waals surface area contributed by atoms with Gasteiger partial charge in [-0.05, 0) is 36.1 Å². The van der Waals surface area contributed by atoms with E-state index in [1.54, 1.807) is 42.6 Å². The fourth-order valence-electron chi connectivity index (χ4n) is 4.49. The van der Waals surface area contributed by atoms with Gasteiger partial charge in [-0.15, -0.1) is 11.3 Å². The quantitative estimate of drug-likeness (QED) is 0.213. The smallest absolute Gasteiger partial charge is 0.265 e. The van der Waals surface area contributed by atoms with Crippen molar-refractivity contribution in [2.45, 2.75) is 26.2 Å². The van der Waals surface area contributed by atoms with Gasteiger partial charge in [0, 0.05) is 34.0 Å². The molecule has 0 unspecified atom stereocenters. The van der Waals surface area contributed by atoms with Crippen LogP contribution in [0.4, 0.5) is 5.13 Å². The molecule has 2 heterocycles. The summed E-state index contributed by atoms with van der Waals surface area (Å²) in [6.07, 6.45) is 2.65. The third kappa shape index (κ3) is 5.03. The van der Waals surface area contributed by atoms with E-state index in [-0.39, 0.29) is 11.4 Å². The van der Waals surface area contributed by atoms with E-state index in [1.807, 2.05) is 11.4 Å². The van der Waals surface area contributed by atoms with E-state index in [2.05, 4.69) is 48.1 Å². The summed E-state index contributed by atoms with van der Waals surface area (Å²) in [5.41, 5.74) is 3.66. The van der Waals surface area contributed by atoms with E-state index in [0.29, 0.717) is 44.6 Å². The van der Waals surface area contributed by atoms with Crippen molar-refractivity contribution in [3.8, 4) is 34.3 Å². The molecular formula is C31H29N3O4S. The molecule has 0 spiro atoms. The summed E-state index contributed by atoms with van der Waals surface area (Å²) in [5, 5.41) is 14.9. The molecule has 0 aliphatic heterocycles. The van der Waals surface area contributed by atoms with Crippen LogP contribution in [-0.2, 0) is 0 Å². The lowest BCUT2D eigenvalue weighted by Gasteiger charge is -2.15. The van der Waals surface area contributed by atoms with Gasteiger partial charge in [-0.25, -0.2) is 14.5 Å². The second kappa shape index (κ2) is 11.1. The number of hydrogen-bond acceptors (Lipinski definition) is 7. The number of ether oxygens (including phenoxy) is 2. The Bertz CT molecular complexity index is 1720. The van der Waals surface area contributed by atoms with Crippen molar-refractivity contribution in [1.29, 1.82) is 0 Å². The third-order valence-corrected chi connectivity index (χ3v) is 7.66. The number of aliphatic imine (C=N–C) groups is 1. The molecule has 5 rings (SSSR count). The molecule has 0 aliphatic rings. The molecule has 7 nitrogen and oxygen atoms in total. The highest BCUT2D eigenvalue weighted by atomic mass is 32.1. The molecule has 5 aromatic rings. The van der Waals surface area contributed by atoms with Gasteiger partial charge in [-0.1, -0.05) is 56.3 Å². The third-order valence-electron chi connectivity index (χ3n) is 6.91. The van der Waals surface area contributed by atoms with Crippen LogP contribution in [0.5, 0.6) is 17.4 Å². The maximum Gasteiger partial charge on any atom is 0.265 e. The van der Waals surface area contributed by atoms with Crippen molar-refractivity contribution in [2.75, 3.05) is 14.2 Å². The van der Waals surface area contributed by atoms with Gasteiger partial charge in [0.1, 0.15) is 0 Å². The zero-order valence-electron chi connectivity index (χ0n) is 22.2. The zero-order chi connectivity index (χ0) is 27.5. The summed E-state index contributed by atoms with van der Waals surface area (Å²) in [7, 11) is 3.06. The summed E-state index contributed by atoms with van der Waals surface area (Å²) in [6.45, 7) is 4.40. The maximum absolute atomic E-state index is 13.5. The molecule has 0 saturated carbocycles. The number of thiazole rings is 1. The largest absolute Gasteiger partial charge is 0.494 e. The summed E-state index contributed by atoms with van der Waals surface area (Å²) < 4.78 is 12.0. The molecule has 0 aliphatic carbocycles. The molecule has 198 valence electrons. The fourth-order valence-corrected chi connectivity index (χ4v) is 5.16. The Hall–Kier alpha value is -4.43. The first-order valence-corrected chi connectivity index (χ1v) is 13.5. The number of nitrogens with zero attached hydrogens (tertiary/aromatic N) is 3. The highest BCUT2D eigenvalue weighted by Crippen LogP contribution is 2.33. The Morgan fingerprint density at radius 2 is 1.74 bits per heavy atom. The Morgan fingerprint density at radius 1 is 1.03 bits per heavy atom. The Morgan fingerprint density at radius 3 is 2.44 bits per heavy atom. The Labute approximate surface area is 230 Å². The van der Waals surface area contributed by atoms with Gasteiger partial charge in [0.25, 0.3) is 5.56 Å². The van der Waals surface area contributed by atoms with Gasteiger partial charge in [0.15, 0.2) is 11.5 Å². The van der Waals surface area contributed by atoms with E-state index in [4.69, 9.17) is 9.47 Å². The number of aromatic hydroxyl groups is 1.